The molecule has 0 spiro atoms. The summed E-state index contributed by atoms with van der Waals surface area (Å²) in [6, 6.07) is 5.54. The smallest absolute Gasteiger partial charge is 0.254 e. The molecule has 28 heavy (non-hydrogen) atoms. The summed E-state index contributed by atoms with van der Waals surface area (Å²) in [6.45, 7) is 7.99. The third-order valence-electron chi connectivity index (χ3n) is 5.47. The van der Waals surface area contributed by atoms with Gasteiger partial charge in [0.05, 0.1) is 13.2 Å². The molecule has 1 unspecified atom stereocenters. The van der Waals surface area contributed by atoms with Crippen molar-refractivity contribution in [1.29, 1.82) is 0 Å². The van der Waals surface area contributed by atoms with E-state index in [2.05, 4.69) is 4.98 Å². The number of hydrogen-bond acceptors (Lipinski definition) is 4. The minimum absolute atomic E-state index is 0.0107. The maximum atomic E-state index is 13.0. The van der Waals surface area contributed by atoms with Crippen LogP contribution in [0.15, 0.2) is 30.6 Å². The monoisotopic (exact) mass is 384 g/mol. The Morgan fingerprint density at radius 2 is 2.11 bits per heavy atom. The largest absolute Gasteiger partial charge is 0.497 e. The second kappa shape index (κ2) is 8.46. The maximum absolute atomic E-state index is 13.0. The molecule has 0 bridgehead atoms. The number of carbonyl (C=O) groups is 2. The van der Waals surface area contributed by atoms with E-state index in [0.717, 1.165) is 23.6 Å². The minimum atomic E-state index is 0.0107. The number of benzene rings is 1. The van der Waals surface area contributed by atoms with Crippen molar-refractivity contribution in [2.24, 2.45) is 0 Å². The first-order chi connectivity index (χ1) is 13.4. The Morgan fingerprint density at radius 1 is 1.32 bits per heavy atom. The van der Waals surface area contributed by atoms with E-state index in [1.165, 1.54) is 0 Å². The Labute approximate surface area is 165 Å². The lowest BCUT2D eigenvalue weighted by Crippen LogP contribution is -2.43. The molecule has 0 saturated carbocycles. The van der Waals surface area contributed by atoms with Gasteiger partial charge >= 0.3 is 0 Å². The van der Waals surface area contributed by atoms with Crippen LogP contribution in [0.25, 0.3) is 0 Å². The molecule has 7 heteroatoms. The van der Waals surface area contributed by atoms with Gasteiger partial charge in [0.2, 0.25) is 5.91 Å². The standard InChI is InChI=1S/C21H28N4O3/c1-15-13-19(28-4)5-6-20(15)21(27)24-9-7-18(14-24)25(17(3)26)12-11-23-10-8-22-16(23)2/h5-6,8,10,13,18H,7,9,11-12,14H2,1-4H3. The van der Waals surface area contributed by atoms with E-state index >= 15 is 0 Å². The van der Waals surface area contributed by atoms with Gasteiger partial charge in [0, 0.05) is 51.1 Å². The lowest BCUT2D eigenvalue weighted by Gasteiger charge is -2.28. The number of amides is 2. The SMILES string of the molecule is COc1ccc(C(=O)N2CCC(N(CCn3ccnc3C)C(C)=O)C2)c(C)c1. The molecule has 2 heterocycles. The number of hydrogen-bond donors (Lipinski definition) is 0. The third kappa shape index (κ3) is 4.18. The van der Waals surface area contributed by atoms with Gasteiger partial charge in [0.15, 0.2) is 0 Å². The molecule has 0 aliphatic carbocycles. The van der Waals surface area contributed by atoms with E-state index in [1.54, 1.807) is 20.2 Å². The Bertz CT molecular complexity index is 861. The summed E-state index contributed by atoms with van der Waals surface area (Å²) < 4.78 is 7.26. The van der Waals surface area contributed by atoms with Gasteiger partial charge in [-0.3, -0.25) is 9.59 Å². The lowest BCUT2D eigenvalue weighted by molar-refractivity contribution is -0.131. The molecule has 1 aromatic heterocycles. The van der Waals surface area contributed by atoms with Gasteiger partial charge < -0.3 is 19.1 Å². The molecule has 3 rings (SSSR count). The molecular formula is C21H28N4O3. The molecule has 1 aliphatic rings. The fraction of sp³-hybridized carbons (Fsp3) is 0.476. The van der Waals surface area contributed by atoms with Gasteiger partial charge in [-0.15, -0.1) is 0 Å². The van der Waals surface area contributed by atoms with Crippen LogP contribution in [0.5, 0.6) is 5.75 Å². The zero-order valence-electron chi connectivity index (χ0n) is 17.0. The molecule has 1 atom stereocenters. The fourth-order valence-corrected chi connectivity index (χ4v) is 3.81. The van der Waals surface area contributed by atoms with E-state index in [-0.39, 0.29) is 17.9 Å². The normalized spacial score (nSPS) is 16.3. The van der Waals surface area contributed by atoms with Crippen molar-refractivity contribution in [3.05, 3.63) is 47.5 Å². The Morgan fingerprint density at radius 3 is 2.71 bits per heavy atom. The summed E-state index contributed by atoms with van der Waals surface area (Å²) in [4.78, 5) is 33.1. The Balaban J connectivity index is 1.66. The molecule has 2 amide bonds. The topological polar surface area (TPSA) is 67.7 Å². The molecule has 0 radical (unpaired) electrons. The first-order valence-electron chi connectivity index (χ1n) is 9.59. The van der Waals surface area contributed by atoms with Gasteiger partial charge in [-0.25, -0.2) is 4.98 Å². The van der Waals surface area contributed by atoms with Crippen LogP contribution >= 0.6 is 0 Å². The number of aromatic nitrogens is 2. The summed E-state index contributed by atoms with van der Waals surface area (Å²) in [7, 11) is 1.61. The quantitative estimate of drug-likeness (QED) is 0.766. The van der Waals surface area contributed by atoms with Crippen molar-refractivity contribution in [1.82, 2.24) is 19.4 Å². The maximum Gasteiger partial charge on any atom is 0.254 e. The highest BCUT2D eigenvalue weighted by molar-refractivity contribution is 5.96. The van der Waals surface area contributed by atoms with Crippen LogP contribution in [-0.4, -0.2) is 64.0 Å². The average Bonchev–Trinajstić information content (AvgIpc) is 3.30. The van der Waals surface area contributed by atoms with Gasteiger partial charge in [-0.05, 0) is 44.0 Å². The number of carbonyl (C=O) groups excluding carboxylic acids is 2. The van der Waals surface area contributed by atoms with Crippen molar-refractivity contribution in [2.45, 2.75) is 39.8 Å². The van der Waals surface area contributed by atoms with Crippen LogP contribution in [0.4, 0.5) is 0 Å². The molecule has 1 aromatic carbocycles. The molecule has 150 valence electrons. The second-order valence-electron chi connectivity index (χ2n) is 7.25. The van der Waals surface area contributed by atoms with Gasteiger partial charge in [-0.1, -0.05) is 0 Å². The number of ether oxygens (including phenoxy) is 1. The Hall–Kier alpha value is -2.83. The van der Waals surface area contributed by atoms with Gasteiger partial charge in [0.1, 0.15) is 11.6 Å². The van der Waals surface area contributed by atoms with Crippen LogP contribution in [0.2, 0.25) is 0 Å². The van der Waals surface area contributed by atoms with Crippen molar-refractivity contribution >= 4 is 11.8 Å². The average molecular weight is 384 g/mol. The zero-order valence-corrected chi connectivity index (χ0v) is 17.0. The molecule has 0 N–H and O–H groups in total. The van der Waals surface area contributed by atoms with Crippen LogP contribution < -0.4 is 4.74 Å². The van der Waals surface area contributed by atoms with E-state index < -0.39 is 0 Å². The van der Waals surface area contributed by atoms with Crippen LogP contribution in [0, 0.1) is 13.8 Å². The van der Waals surface area contributed by atoms with Crippen molar-refractivity contribution in [3.63, 3.8) is 0 Å². The third-order valence-corrected chi connectivity index (χ3v) is 5.47. The summed E-state index contributed by atoms with van der Waals surface area (Å²) >= 11 is 0. The summed E-state index contributed by atoms with van der Waals surface area (Å²) in [5.74, 6) is 1.72. The van der Waals surface area contributed by atoms with Gasteiger partial charge in [0.25, 0.3) is 5.91 Å². The minimum Gasteiger partial charge on any atom is -0.497 e. The molecule has 1 aliphatic heterocycles. The first kappa shape index (κ1) is 19.9. The van der Waals surface area contributed by atoms with E-state index in [0.29, 0.717) is 31.7 Å². The van der Waals surface area contributed by atoms with Crippen molar-refractivity contribution < 1.29 is 14.3 Å². The lowest BCUT2D eigenvalue weighted by atomic mass is 10.1. The van der Waals surface area contributed by atoms with E-state index in [4.69, 9.17) is 4.74 Å². The van der Waals surface area contributed by atoms with E-state index in [9.17, 15) is 9.59 Å². The Kier molecular flexibility index (Phi) is 6.02. The fourth-order valence-electron chi connectivity index (χ4n) is 3.81. The van der Waals surface area contributed by atoms with Crippen molar-refractivity contribution in [3.8, 4) is 5.75 Å². The van der Waals surface area contributed by atoms with Gasteiger partial charge in [-0.2, -0.15) is 0 Å². The highest BCUT2D eigenvalue weighted by atomic mass is 16.5. The molecule has 2 aromatic rings. The zero-order chi connectivity index (χ0) is 20.3. The number of rotatable bonds is 6. The van der Waals surface area contributed by atoms with Crippen LogP contribution in [-0.2, 0) is 11.3 Å². The molecule has 7 nitrogen and oxygen atoms in total. The number of imidazole rings is 1. The second-order valence-corrected chi connectivity index (χ2v) is 7.25. The highest BCUT2D eigenvalue weighted by Gasteiger charge is 2.32. The van der Waals surface area contributed by atoms with Crippen molar-refractivity contribution in [2.75, 3.05) is 26.7 Å². The molecule has 1 saturated heterocycles. The summed E-state index contributed by atoms with van der Waals surface area (Å²) in [6.07, 6.45) is 4.48. The summed E-state index contributed by atoms with van der Waals surface area (Å²) in [5, 5.41) is 0. The highest BCUT2D eigenvalue weighted by Crippen LogP contribution is 2.22. The molecule has 1 fully saturated rings. The number of likely N-dealkylation sites (tertiary alicyclic amines) is 1. The number of aryl methyl sites for hydroxylation is 2. The number of nitrogens with zero attached hydrogens (tertiary/aromatic N) is 4. The number of methoxy groups -OCH3 is 1. The predicted molar refractivity (Wildman–Crippen MR) is 106 cm³/mol. The first-order valence-corrected chi connectivity index (χ1v) is 9.59. The van der Waals surface area contributed by atoms with Crippen LogP contribution in [0.3, 0.4) is 0 Å². The van der Waals surface area contributed by atoms with E-state index in [1.807, 2.05) is 52.6 Å². The predicted octanol–water partition coefficient (Wildman–Crippen LogP) is 2.27. The summed E-state index contributed by atoms with van der Waals surface area (Å²) in [5.41, 5.74) is 1.58. The molecular weight excluding hydrogens is 356 g/mol. The van der Waals surface area contributed by atoms with Crippen LogP contribution in [0.1, 0.15) is 35.1 Å².